The molecule has 0 aliphatic heterocycles. The summed E-state index contributed by atoms with van der Waals surface area (Å²) in [5.74, 6) is 1.40. The van der Waals surface area contributed by atoms with Crippen molar-refractivity contribution in [3.05, 3.63) is 45.1 Å². The molecule has 0 aliphatic rings. The molecule has 19 heavy (non-hydrogen) atoms. The predicted octanol–water partition coefficient (Wildman–Crippen LogP) is 1.57. The molecule has 3 aromatic heterocycles. The Morgan fingerprint density at radius 3 is 3.16 bits per heavy atom. The van der Waals surface area contributed by atoms with E-state index in [0.717, 1.165) is 17.0 Å². The summed E-state index contributed by atoms with van der Waals surface area (Å²) in [4.78, 5) is 18.9. The highest BCUT2D eigenvalue weighted by molar-refractivity contribution is 7.17. The minimum absolute atomic E-state index is 0.0888. The molecule has 2 N–H and O–H groups in total. The molecule has 0 unspecified atom stereocenters. The number of fused-ring (bicyclic) bond motifs is 1. The molecule has 0 spiro atoms. The van der Waals surface area contributed by atoms with Crippen molar-refractivity contribution in [1.82, 2.24) is 20.4 Å². The zero-order valence-corrected chi connectivity index (χ0v) is 11.1. The summed E-state index contributed by atoms with van der Waals surface area (Å²) in [6, 6.07) is 3.71. The van der Waals surface area contributed by atoms with Gasteiger partial charge in [-0.2, -0.15) is 0 Å². The van der Waals surface area contributed by atoms with Crippen molar-refractivity contribution in [1.29, 1.82) is 0 Å². The third-order valence-corrected chi connectivity index (χ3v) is 3.54. The summed E-state index contributed by atoms with van der Waals surface area (Å²) in [6.07, 6.45) is 0. The van der Waals surface area contributed by atoms with Gasteiger partial charge in [0.1, 0.15) is 16.3 Å². The van der Waals surface area contributed by atoms with Crippen molar-refractivity contribution in [3.63, 3.8) is 0 Å². The second-order valence-corrected chi connectivity index (χ2v) is 5.10. The fourth-order valence-corrected chi connectivity index (χ4v) is 2.54. The van der Waals surface area contributed by atoms with Crippen LogP contribution in [0.15, 0.2) is 26.8 Å². The summed E-state index contributed by atoms with van der Waals surface area (Å²) in [6.45, 7) is 2.90. The highest BCUT2D eigenvalue weighted by Crippen LogP contribution is 2.13. The average Bonchev–Trinajstić information content (AvgIpc) is 2.98. The number of nitrogens with zero attached hydrogens (tertiary/aromatic N) is 2. The van der Waals surface area contributed by atoms with Crippen molar-refractivity contribution in [2.45, 2.75) is 20.0 Å². The van der Waals surface area contributed by atoms with E-state index in [9.17, 15) is 4.79 Å². The zero-order chi connectivity index (χ0) is 13.2. The topological polar surface area (TPSA) is 83.8 Å². The molecule has 0 aromatic carbocycles. The number of aromatic amines is 1. The van der Waals surface area contributed by atoms with Gasteiger partial charge in [-0.1, -0.05) is 5.16 Å². The maximum Gasteiger partial charge on any atom is 0.268 e. The van der Waals surface area contributed by atoms with Crippen molar-refractivity contribution in [3.8, 4) is 0 Å². The highest BCUT2D eigenvalue weighted by Gasteiger charge is 2.05. The Kier molecular flexibility index (Phi) is 3.14. The largest absolute Gasteiger partial charge is 0.361 e. The van der Waals surface area contributed by atoms with Gasteiger partial charge < -0.3 is 14.8 Å². The van der Waals surface area contributed by atoms with Gasteiger partial charge in [-0.3, -0.25) is 4.79 Å². The van der Waals surface area contributed by atoms with Crippen LogP contribution in [0.4, 0.5) is 0 Å². The Morgan fingerprint density at radius 2 is 2.37 bits per heavy atom. The van der Waals surface area contributed by atoms with Crippen LogP contribution in [0.1, 0.15) is 17.3 Å². The normalized spacial score (nSPS) is 11.2. The number of aryl methyl sites for hydroxylation is 1. The first kappa shape index (κ1) is 12.1. The molecule has 0 saturated carbocycles. The molecular weight excluding hydrogens is 264 g/mol. The maximum absolute atomic E-state index is 11.8. The highest BCUT2D eigenvalue weighted by atomic mass is 32.1. The fraction of sp³-hybridized carbons (Fsp3) is 0.250. The molecule has 3 rings (SSSR count). The number of thiophene rings is 1. The van der Waals surface area contributed by atoms with Crippen LogP contribution in [0.2, 0.25) is 0 Å². The van der Waals surface area contributed by atoms with E-state index < -0.39 is 0 Å². The lowest BCUT2D eigenvalue weighted by Gasteiger charge is -2.02. The Bertz CT molecular complexity index is 758. The van der Waals surface area contributed by atoms with Crippen LogP contribution in [-0.2, 0) is 13.1 Å². The number of aromatic nitrogens is 3. The molecule has 0 amide bonds. The van der Waals surface area contributed by atoms with Gasteiger partial charge in [0.25, 0.3) is 5.56 Å². The molecule has 7 heteroatoms. The van der Waals surface area contributed by atoms with E-state index >= 15 is 0 Å². The number of hydrogen-bond donors (Lipinski definition) is 2. The molecule has 6 nitrogen and oxygen atoms in total. The van der Waals surface area contributed by atoms with Crippen LogP contribution in [0.25, 0.3) is 10.2 Å². The van der Waals surface area contributed by atoms with Gasteiger partial charge >= 0.3 is 0 Å². The second kappa shape index (κ2) is 4.94. The first-order valence-electron chi connectivity index (χ1n) is 5.82. The SMILES string of the molecule is Cc1cc(CNCc2nc3ccsc3c(=O)[nH]2)no1. The minimum atomic E-state index is -0.0888. The monoisotopic (exact) mass is 276 g/mol. The number of hydrogen-bond acceptors (Lipinski definition) is 6. The maximum atomic E-state index is 11.8. The molecular formula is C12H12N4O2S. The summed E-state index contributed by atoms with van der Waals surface area (Å²) >= 11 is 1.40. The number of H-pyrrole nitrogens is 1. The standard InChI is InChI=1S/C12H12N4O2S/c1-7-4-8(16-18-7)5-13-6-10-14-9-2-3-19-11(9)12(17)15-10/h2-4,13H,5-6H2,1H3,(H,14,15,17). The Balaban J connectivity index is 1.69. The molecule has 0 radical (unpaired) electrons. The van der Waals surface area contributed by atoms with Gasteiger partial charge in [0.2, 0.25) is 0 Å². The first-order valence-corrected chi connectivity index (χ1v) is 6.69. The van der Waals surface area contributed by atoms with E-state index in [4.69, 9.17) is 4.52 Å². The van der Waals surface area contributed by atoms with Crippen LogP contribution in [0.5, 0.6) is 0 Å². The molecule has 3 heterocycles. The van der Waals surface area contributed by atoms with Gasteiger partial charge in [-0.05, 0) is 18.4 Å². The van der Waals surface area contributed by atoms with Gasteiger partial charge in [-0.15, -0.1) is 11.3 Å². The lowest BCUT2D eigenvalue weighted by atomic mass is 10.3. The Hall–Kier alpha value is -1.99. The van der Waals surface area contributed by atoms with E-state index in [1.807, 2.05) is 24.4 Å². The van der Waals surface area contributed by atoms with E-state index in [2.05, 4.69) is 20.4 Å². The van der Waals surface area contributed by atoms with Crippen molar-refractivity contribution in [2.75, 3.05) is 0 Å². The smallest absolute Gasteiger partial charge is 0.268 e. The van der Waals surface area contributed by atoms with Crippen molar-refractivity contribution in [2.24, 2.45) is 0 Å². The summed E-state index contributed by atoms with van der Waals surface area (Å²) in [5.41, 5.74) is 1.48. The third-order valence-electron chi connectivity index (χ3n) is 2.64. The first-order chi connectivity index (χ1) is 9.22. The third kappa shape index (κ3) is 2.56. The van der Waals surface area contributed by atoms with Crippen LogP contribution < -0.4 is 10.9 Å². The molecule has 0 atom stereocenters. The molecule has 0 bridgehead atoms. The zero-order valence-electron chi connectivity index (χ0n) is 10.3. The van der Waals surface area contributed by atoms with Crippen LogP contribution >= 0.6 is 11.3 Å². The molecule has 3 aromatic rings. The van der Waals surface area contributed by atoms with E-state index in [1.54, 1.807) is 0 Å². The quantitative estimate of drug-likeness (QED) is 0.755. The summed E-state index contributed by atoms with van der Waals surface area (Å²) < 4.78 is 5.63. The fourth-order valence-electron chi connectivity index (χ4n) is 1.82. The second-order valence-electron chi connectivity index (χ2n) is 4.18. The van der Waals surface area contributed by atoms with Crippen molar-refractivity contribution < 1.29 is 4.52 Å². The summed E-state index contributed by atoms with van der Waals surface area (Å²) in [7, 11) is 0. The molecule has 0 fully saturated rings. The number of rotatable bonds is 4. The number of nitrogens with one attached hydrogen (secondary N) is 2. The van der Waals surface area contributed by atoms with E-state index in [1.165, 1.54) is 11.3 Å². The molecule has 0 aliphatic carbocycles. The van der Waals surface area contributed by atoms with E-state index in [0.29, 0.717) is 23.6 Å². The average molecular weight is 276 g/mol. The van der Waals surface area contributed by atoms with Crippen LogP contribution in [0.3, 0.4) is 0 Å². The van der Waals surface area contributed by atoms with Gasteiger partial charge in [0.15, 0.2) is 0 Å². The summed E-state index contributed by atoms with van der Waals surface area (Å²) in [5, 5.41) is 8.91. The van der Waals surface area contributed by atoms with Gasteiger partial charge in [-0.25, -0.2) is 4.98 Å². The van der Waals surface area contributed by atoms with Crippen LogP contribution in [0, 0.1) is 6.92 Å². The lowest BCUT2D eigenvalue weighted by molar-refractivity contribution is 0.388. The van der Waals surface area contributed by atoms with Gasteiger partial charge in [0.05, 0.1) is 17.8 Å². The van der Waals surface area contributed by atoms with Crippen LogP contribution in [-0.4, -0.2) is 15.1 Å². The van der Waals surface area contributed by atoms with Gasteiger partial charge in [0, 0.05) is 12.6 Å². The Morgan fingerprint density at radius 1 is 1.47 bits per heavy atom. The lowest BCUT2D eigenvalue weighted by Crippen LogP contribution is -2.18. The molecule has 98 valence electrons. The minimum Gasteiger partial charge on any atom is -0.361 e. The van der Waals surface area contributed by atoms with E-state index in [-0.39, 0.29) is 5.56 Å². The Labute approximate surface area is 112 Å². The molecule has 0 saturated heterocycles. The van der Waals surface area contributed by atoms with Crippen molar-refractivity contribution >= 4 is 21.6 Å². The predicted molar refractivity (Wildman–Crippen MR) is 72.0 cm³/mol.